The molecule has 1 saturated heterocycles. The standard InChI is InChI=1S/C17H17F3N2O2S/c1-24-9-13-3-2-8-22(13)16(23)14-10-25-15(21-14)11-4-6-12(7-5-11)17(18,19)20/h4-7,10,13H,2-3,8-9H2,1H3. The number of methoxy groups -OCH3 is 1. The molecular formula is C17H17F3N2O2S. The molecule has 0 aliphatic carbocycles. The maximum atomic E-state index is 12.6. The van der Waals surface area contributed by atoms with E-state index in [0.29, 0.717) is 29.4 Å². The molecule has 25 heavy (non-hydrogen) atoms. The van der Waals surface area contributed by atoms with Gasteiger partial charge >= 0.3 is 6.18 Å². The van der Waals surface area contributed by atoms with Gasteiger partial charge in [0.15, 0.2) is 0 Å². The number of ether oxygens (including phenoxy) is 1. The number of likely N-dealkylation sites (tertiary alicyclic amines) is 1. The first-order valence-electron chi connectivity index (χ1n) is 7.83. The Balaban J connectivity index is 1.77. The molecule has 1 atom stereocenters. The van der Waals surface area contributed by atoms with Crippen LogP contribution in [0, 0.1) is 0 Å². The largest absolute Gasteiger partial charge is 0.416 e. The van der Waals surface area contributed by atoms with Gasteiger partial charge in [0.1, 0.15) is 10.7 Å². The van der Waals surface area contributed by atoms with Gasteiger partial charge in [0.2, 0.25) is 0 Å². The molecule has 1 fully saturated rings. The first-order valence-corrected chi connectivity index (χ1v) is 8.71. The zero-order valence-corrected chi connectivity index (χ0v) is 14.4. The summed E-state index contributed by atoms with van der Waals surface area (Å²) in [5.41, 5.74) is 0.179. The summed E-state index contributed by atoms with van der Waals surface area (Å²) >= 11 is 1.25. The summed E-state index contributed by atoms with van der Waals surface area (Å²) in [7, 11) is 1.60. The van der Waals surface area contributed by atoms with Crippen molar-refractivity contribution in [1.29, 1.82) is 0 Å². The van der Waals surface area contributed by atoms with Crippen molar-refractivity contribution in [3.63, 3.8) is 0 Å². The Kier molecular flexibility index (Phi) is 5.10. The number of halogens is 3. The molecule has 1 amide bonds. The zero-order chi connectivity index (χ0) is 18.0. The second-order valence-corrected chi connectivity index (χ2v) is 6.72. The highest BCUT2D eigenvalue weighted by atomic mass is 32.1. The van der Waals surface area contributed by atoms with Gasteiger partial charge in [0, 0.05) is 24.6 Å². The van der Waals surface area contributed by atoms with Crippen molar-refractivity contribution in [3.8, 4) is 10.6 Å². The number of benzene rings is 1. The molecule has 3 rings (SSSR count). The highest BCUT2D eigenvalue weighted by Gasteiger charge is 2.31. The van der Waals surface area contributed by atoms with Crippen molar-refractivity contribution in [2.45, 2.75) is 25.1 Å². The normalized spacial score (nSPS) is 17.9. The smallest absolute Gasteiger partial charge is 0.383 e. The van der Waals surface area contributed by atoms with Crippen LogP contribution >= 0.6 is 11.3 Å². The van der Waals surface area contributed by atoms with Crippen molar-refractivity contribution in [2.24, 2.45) is 0 Å². The summed E-state index contributed by atoms with van der Waals surface area (Å²) in [4.78, 5) is 18.7. The third-order valence-electron chi connectivity index (χ3n) is 4.18. The molecule has 0 bridgehead atoms. The van der Waals surface area contributed by atoms with E-state index in [0.717, 1.165) is 25.0 Å². The molecule has 1 aromatic heterocycles. The van der Waals surface area contributed by atoms with Gasteiger partial charge < -0.3 is 9.64 Å². The van der Waals surface area contributed by atoms with Crippen LogP contribution in [-0.2, 0) is 10.9 Å². The van der Waals surface area contributed by atoms with Crippen LogP contribution in [0.5, 0.6) is 0 Å². The van der Waals surface area contributed by atoms with Crippen molar-refractivity contribution in [1.82, 2.24) is 9.88 Å². The number of carbonyl (C=O) groups is 1. The lowest BCUT2D eigenvalue weighted by Crippen LogP contribution is -2.38. The number of hydrogen-bond acceptors (Lipinski definition) is 4. The van der Waals surface area contributed by atoms with Crippen molar-refractivity contribution in [3.05, 3.63) is 40.9 Å². The monoisotopic (exact) mass is 370 g/mol. The lowest BCUT2D eigenvalue weighted by atomic mass is 10.1. The topological polar surface area (TPSA) is 42.4 Å². The second-order valence-electron chi connectivity index (χ2n) is 5.86. The predicted octanol–water partition coefficient (Wildman–Crippen LogP) is 4.08. The van der Waals surface area contributed by atoms with Crippen molar-refractivity contribution in [2.75, 3.05) is 20.3 Å². The second kappa shape index (κ2) is 7.13. The van der Waals surface area contributed by atoms with Crippen LogP contribution in [0.3, 0.4) is 0 Å². The molecule has 0 radical (unpaired) electrons. The number of nitrogens with zero attached hydrogens (tertiary/aromatic N) is 2. The van der Waals surface area contributed by atoms with Crippen LogP contribution < -0.4 is 0 Å². The van der Waals surface area contributed by atoms with Crippen molar-refractivity contribution < 1.29 is 22.7 Å². The van der Waals surface area contributed by atoms with Gasteiger partial charge in [-0.2, -0.15) is 13.2 Å². The van der Waals surface area contributed by atoms with E-state index in [1.165, 1.54) is 23.5 Å². The number of aromatic nitrogens is 1. The maximum Gasteiger partial charge on any atom is 0.416 e. The molecule has 1 aromatic carbocycles. The van der Waals surface area contributed by atoms with Gasteiger partial charge in [-0.1, -0.05) is 12.1 Å². The minimum atomic E-state index is -4.37. The highest BCUT2D eigenvalue weighted by Crippen LogP contribution is 2.32. The molecule has 134 valence electrons. The van der Waals surface area contributed by atoms with E-state index >= 15 is 0 Å². The fraction of sp³-hybridized carbons (Fsp3) is 0.412. The molecule has 4 nitrogen and oxygen atoms in total. The van der Waals surface area contributed by atoms with Crippen LogP contribution in [-0.4, -0.2) is 42.1 Å². The number of carbonyl (C=O) groups excluding carboxylic acids is 1. The summed E-state index contributed by atoms with van der Waals surface area (Å²) in [5.74, 6) is -0.158. The minimum absolute atomic E-state index is 0.0497. The first kappa shape index (κ1) is 17.9. The number of hydrogen-bond donors (Lipinski definition) is 0. The van der Waals surface area contributed by atoms with Crippen LogP contribution in [0.1, 0.15) is 28.9 Å². The summed E-state index contributed by atoms with van der Waals surface area (Å²) in [6, 6.07) is 4.84. The molecule has 8 heteroatoms. The summed E-state index contributed by atoms with van der Waals surface area (Å²) < 4.78 is 43.0. The Hall–Kier alpha value is -1.93. The number of rotatable bonds is 4. The van der Waals surface area contributed by atoms with Gasteiger partial charge in [-0.25, -0.2) is 4.98 Å². The lowest BCUT2D eigenvalue weighted by Gasteiger charge is -2.23. The summed E-state index contributed by atoms with van der Waals surface area (Å²) in [6.07, 6.45) is -2.54. The molecule has 0 saturated carbocycles. The van der Waals surface area contributed by atoms with Gasteiger partial charge in [-0.15, -0.1) is 11.3 Å². The van der Waals surface area contributed by atoms with E-state index in [9.17, 15) is 18.0 Å². The van der Waals surface area contributed by atoms with E-state index < -0.39 is 11.7 Å². The van der Waals surface area contributed by atoms with Gasteiger partial charge in [0.25, 0.3) is 5.91 Å². The van der Waals surface area contributed by atoms with Crippen LogP contribution in [0.4, 0.5) is 13.2 Å². The third-order valence-corrected chi connectivity index (χ3v) is 5.07. The molecule has 0 N–H and O–H groups in total. The Morgan fingerprint density at radius 2 is 2.08 bits per heavy atom. The molecule has 1 aliphatic rings. The van der Waals surface area contributed by atoms with Crippen LogP contribution in [0.2, 0.25) is 0 Å². The fourth-order valence-electron chi connectivity index (χ4n) is 2.92. The highest BCUT2D eigenvalue weighted by molar-refractivity contribution is 7.13. The number of amides is 1. The average molecular weight is 370 g/mol. The molecule has 1 unspecified atom stereocenters. The lowest BCUT2D eigenvalue weighted by molar-refractivity contribution is -0.137. The van der Waals surface area contributed by atoms with E-state index in [-0.39, 0.29) is 11.9 Å². The molecule has 2 aromatic rings. The van der Waals surface area contributed by atoms with Gasteiger partial charge in [-0.3, -0.25) is 4.79 Å². The predicted molar refractivity (Wildman–Crippen MR) is 88.5 cm³/mol. The Bertz CT molecular complexity index is 743. The fourth-order valence-corrected chi connectivity index (χ4v) is 3.72. The van der Waals surface area contributed by atoms with E-state index in [1.54, 1.807) is 17.4 Å². The van der Waals surface area contributed by atoms with E-state index in [4.69, 9.17) is 4.74 Å². The van der Waals surface area contributed by atoms with Crippen LogP contribution in [0.15, 0.2) is 29.6 Å². The maximum absolute atomic E-state index is 12.6. The van der Waals surface area contributed by atoms with Gasteiger partial charge in [0.05, 0.1) is 18.2 Å². The molecule has 0 spiro atoms. The van der Waals surface area contributed by atoms with Gasteiger partial charge in [-0.05, 0) is 25.0 Å². The average Bonchev–Trinajstić information content (AvgIpc) is 3.23. The minimum Gasteiger partial charge on any atom is -0.383 e. The summed E-state index contributed by atoms with van der Waals surface area (Å²) in [5, 5.41) is 2.18. The van der Waals surface area contributed by atoms with E-state index in [1.807, 2.05) is 0 Å². The molecular weight excluding hydrogens is 353 g/mol. The third kappa shape index (κ3) is 3.85. The molecule has 2 heterocycles. The number of alkyl halides is 3. The number of thiazole rings is 1. The molecule has 1 aliphatic heterocycles. The van der Waals surface area contributed by atoms with E-state index in [2.05, 4.69) is 4.98 Å². The Morgan fingerprint density at radius 3 is 2.72 bits per heavy atom. The SMILES string of the molecule is COCC1CCCN1C(=O)c1csc(-c2ccc(C(F)(F)F)cc2)n1. The summed E-state index contributed by atoms with van der Waals surface area (Å²) in [6.45, 7) is 1.15. The first-order chi connectivity index (χ1) is 11.9. The van der Waals surface area contributed by atoms with Crippen LogP contribution in [0.25, 0.3) is 10.6 Å². The zero-order valence-electron chi connectivity index (χ0n) is 13.5. The Morgan fingerprint density at radius 1 is 1.36 bits per heavy atom. The Labute approximate surface area is 147 Å². The quantitative estimate of drug-likeness (QED) is 0.814. The van der Waals surface area contributed by atoms with Crippen molar-refractivity contribution >= 4 is 17.2 Å².